The molecule has 0 fully saturated rings. The normalized spacial score (nSPS) is 18.7. The lowest BCUT2D eigenvalue weighted by Crippen LogP contribution is -2.33. The molecule has 0 amide bonds. The van der Waals surface area contributed by atoms with Crippen LogP contribution in [-0.4, -0.2) is 11.1 Å². The van der Waals surface area contributed by atoms with Gasteiger partial charge in [-0.25, -0.2) is 4.79 Å². The predicted molar refractivity (Wildman–Crippen MR) is 107 cm³/mol. The number of rotatable bonds is 3. The van der Waals surface area contributed by atoms with Gasteiger partial charge in [0.2, 0.25) is 0 Å². The molecule has 1 aliphatic rings. The highest BCUT2D eigenvalue weighted by atomic mass is 32.1. The molecule has 0 bridgehead atoms. The van der Waals surface area contributed by atoms with Gasteiger partial charge in [-0.15, -0.1) is 11.3 Å². The number of hydrogen-bond donors (Lipinski definition) is 1. The van der Waals surface area contributed by atoms with Crippen molar-refractivity contribution >= 4 is 29.0 Å². The van der Waals surface area contributed by atoms with E-state index < -0.39 is 5.97 Å². The molecule has 3 rings (SSSR count). The molecule has 0 spiro atoms. The van der Waals surface area contributed by atoms with Gasteiger partial charge < -0.3 is 5.11 Å². The molecule has 3 heteroatoms. The minimum atomic E-state index is -0.859. The predicted octanol–water partition coefficient (Wildman–Crippen LogP) is 6.36. The smallest absolute Gasteiger partial charge is 0.345 e. The van der Waals surface area contributed by atoms with Crippen LogP contribution in [0, 0.1) is 0 Å². The Kier molecular flexibility index (Phi) is 4.40. The zero-order valence-corrected chi connectivity index (χ0v) is 16.5. The standard InChI is InChI=1S/C22H26O2S/c1-14(18-8-9-19(25-18)20(23)24)12-15-6-7-16-17(13-15)22(4,5)11-10-21(16,2)3/h6-9,12-13H,10-11H2,1-5H3,(H,23,24). The number of carboxylic acid groups (broad SMARTS) is 1. The van der Waals surface area contributed by atoms with E-state index in [0.29, 0.717) is 4.88 Å². The van der Waals surface area contributed by atoms with Crippen molar-refractivity contribution in [2.75, 3.05) is 0 Å². The average Bonchev–Trinajstić information content (AvgIpc) is 3.02. The van der Waals surface area contributed by atoms with Gasteiger partial charge in [-0.2, -0.15) is 0 Å². The summed E-state index contributed by atoms with van der Waals surface area (Å²) in [4.78, 5) is 12.5. The third-order valence-electron chi connectivity index (χ3n) is 5.47. The average molecular weight is 355 g/mol. The first-order valence-electron chi connectivity index (χ1n) is 8.77. The number of hydrogen-bond acceptors (Lipinski definition) is 2. The van der Waals surface area contributed by atoms with Crippen molar-refractivity contribution in [1.82, 2.24) is 0 Å². The van der Waals surface area contributed by atoms with E-state index in [0.717, 1.165) is 10.5 Å². The number of fused-ring (bicyclic) bond motifs is 1. The summed E-state index contributed by atoms with van der Waals surface area (Å²) in [5.41, 5.74) is 5.62. The lowest BCUT2D eigenvalue weighted by molar-refractivity contribution is 0.0702. The molecule has 1 heterocycles. The van der Waals surface area contributed by atoms with E-state index in [9.17, 15) is 4.79 Å². The van der Waals surface area contributed by atoms with E-state index in [2.05, 4.69) is 52.0 Å². The summed E-state index contributed by atoms with van der Waals surface area (Å²) < 4.78 is 0. The molecule has 0 unspecified atom stereocenters. The van der Waals surface area contributed by atoms with Crippen LogP contribution in [-0.2, 0) is 10.8 Å². The number of allylic oxidation sites excluding steroid dienone is 1. The van der Waals surface area contributed by atoms with E-state index in [4.69, 9.17) is 5.11 Å². The minimum absolute atomic E-state index is 0.196. The maximum atomic E-state index is 11.1. The fraction of sp³-hybridized carbons (Fsp3) is 0.409. The second-order valence-electron chi connectivity index (χ2n) is 8.37. The van der Waals surface area contributed by atoms with Crippen LogP contribution in [0.3, 0.4) is 0 Å². The number of carbonyl (C=O) groups is 1. The van der Waals surface area contributed by atoms with E-state index >= 15 is 0 Å². The van der Waals surface area contributed by atoms with Crippen LogP contribution in [0.2, 0.25) is 0 Å². The summed E-state index contributed by atoms with van der Waals surface area (Å²) in [6.45, 7) is 11.4. The first-order chi connectivity index (χ1) is 11.6. The zero-order valence-electron chi connectivity index (χ0n) is 15.6. The third kappa shape index (κ3) is 3.43. The summed E-state index contributed by atoms with van der Waals surface area (Å²) in [5.74, 6) is -0.859. The number of carboxylic acids is 1. The number of aromatic carboxylic acids is 1. The number of thiophene rings is 1. The Balaban J connectivity index is 2.00. The minimum Gasteiger partial charge on any atom is -0.477 e. The second kappa shape index (κ2) is 6.14. The highest BCUT2D eigenvalue weighted by molar-refractivity contribution is 7.15. The van der Waals surface area contributed by atoms with E-state index in [1.54, 1.807) is 6.07 Å². The van der Waals surface area contributed by atoms with Gasteiger partial charge in [-0.3, -0.25) is 0 Å². The van der Waals surface area contributed by atoms with Crippen LogP contribution in [0.4, 0.5) is 0 Å². The highest BCUT2D eigenvalue weighted by Crippen LogP contribution is 2.46. The largest absolute Gasteiger partial charge is 0.477 e. The van der Waals surface area contributed by atoms with Gasteiger partial charge in [0.1, 0.15) is 4.88 Å². The lowest BCUT2D eigenvalue weighted by atomic mass is 9.63. The van der Waals surface area contributed by atoms with Crippen molar-refractivity contribution in [3.63, 3.8) is 0 Å². The van der Waals surface area contributed by atoms with Crippen LogP contribution < -0.4 is 0 Å². The summed E-state index contributed by atoms with van der Waals surface area (Å²) in [6, 6.07) is 10.4. The van der Waals surface area contributed by atoms with E-state index in [1.165, 1.54) is 40.9 Å². The maximum absolute atomic E-state index is 11.1. The Labute approximate surface area is 154 Å². The fourth-order valence-electron chi connectivity index (χ4n) is 3.68. The molecular weight excluding hydrogens is 328 g/mol. The summed E-state index contributed by atoms with van der Waals surface area (Å²) >= 11 is 1.33. The Hall–Kier alpha value is -1.87. The van der Waals surface area contributed by atoms with Gasteiger partial charge in [-0.1, -0.05) is 52.0 Å². The van der Waals surface area contributed by atoms with Gasteiger partial charge in [-0.05, 0) is 65.0 Å². The molecule has 0 radical (unpaired) electrons. The summed E-state index contributed by atoms with van der Waals surface area (Å²) in [7, 11) is 0. The monoisotopic (exact) mass is 354 g/mol. The van der Waals surface area contributed by atoms with E-state index in [1.807, 2.05) is 13.0 Å². The van der Waals surface area contributed by atoms with E-state index in [-0.39, 0.29) is 10.8 Å². The van der Waals surface area contributed by atoms with Crippen LogP contribution >= 0.6 is 11.3 Å². The Morgan fingerprint density at radius 3 is 2.20 bits per heavy atom. The molecule has 1 aliphatic carbocycles. The fourth-order valence-corrected chi connectivity index (χ4v) is 4.50. The summed E-state index contributed by atoms with van der Waals surface area (Å²) in [6.07, 6.45) is 4.58. The van der Waals surface area contributed by atoms with Crippen molar-refractivity contribution in [3.05, 3.63) is 56.8 Å². The molecule has 25 heavy (non-hydrogen) atoms. The lowest BCUT2D eigenvalue weighted by Gasteiger charge is -2.42. The highest BCUT2D eigenvalue weighted by Gasteiger charge is 2.36. The van der Waals surface area contributed by atoms with Gasteiger partial charge in [0.15, 0.2) is 0 Å². The van der Waals surface area contributed by atoms with Crippen molar-refractivity contribution in [3.8, 4) is 0 Å². The molecule has 132 valence electrons. The quantitative estimate of drug-likeness (QED) is 0.696. The third-order valence-corrected chi connectivity index (χ3v) is 6.67. The first kappa shape index (κ1) is 17.9. The molecule has 1 aromatic carbocycles. The van der Waals surface area contributed by atoms with Crippen molar-refractivity contribution < 1.29 is 9.90 Å². The van der Waals surface area contributed by atoms with Crippen LogP contribution in [0.1, 0.15) is 78.7 Å². The van der Waals surface area contributed by atoms with Crippen molar-refractivity contribution in [2.24, 2.45) is 0 Å². The van der Waals surface area contributed by atoms with Gasteiger partial charge in [0.05, 0.1) is 0 Å². The molecule has 2 nitrogen and oxygen atoms in total. The van der Waals surface area contributed by atoms with Gasteiger partial charge >= 0.3 is 5.97 Å². The maximum Gasteiger partial charge on any atom is 0.345 e. The van der Waals surface area contributed by atoms with Gasteiger partial charge in [0.25, 0.3) is 0 Å². The molecule has 0 aliphatic heterocycles. The molecule has 0 saturated heterocycles. The molecule has 1 N–H and O–H groups in total. The van der Waals surface area contributed by atoms with Crippen molar-refractivity contribution in [2.45, 2.75) is 58.3 Å². The molecule has 2 aromatic rings. The zero-order chi connectivity index (χ0) is 18.4. The molecule has 0 atom stereocenters. The van der Waals surface area contributed by atoms with Crippen LogP contribution in [0.5, 0.6) is 0 Å². The molecule has 1 aromatic heterocycles. The van der Waals surface area contributed by atoms with Crippen molar-refractivity contribution in [1.29, 1.82) is 0 Å². The number of benzene rings is 1. The topological polar surface area (TPSA) is 37.3 Å². The Bertz CT molecular complexity index is 853. The molecular formula is C22H26O2S. The Morgan fingerprint density at radius 2 is 1.60 bits per heavy atom. The van der Waals surface area contributed by atoms with Crippen LogP contribution in [0.25, 0.3) is 11.6 Å². The molecule has 0 saturated carbocycles. The SMILES string of the molecule is CC(=Cc1ccc2c(c1)C(C)(C)CCC2(C)C)c1ccc(C(=O)O)s1. The first-order valence-corrected chi connectivity index (χ1v) is 9.59. The summed E-state index contributed by atoms with van der Waals surface area (Å²) in [5, 5.41) is 9.10. The van der Waals surface area contributed by atoms with Crippen LogP contribution in [0.15, 0.2) is 30.3 Å². The second-order valence-corrected chi connectivity index (χ2v) is 9.45. The Morgan fingerprint density at radius 1 is 1.00 bits per heavy atom. The van der Waals surface area contributed by atoms with Gasteiger partial charge in [0, 0.05) is 4.88 Å².